The second kappa shape index (κ2) is 11.2. The highest BCUT2D eigenvalue weighted by molar-refractivity contribution is 14.0. The molecule has 0 bridgehead atoms. The van der Waals surface area contributed by atoms with Gasteiger partial charge < -0.3 is 15.5 Å². The molecule has 0 aliphatic carbocycles. The summed E-state index contributed by atoms with van der Waals surface area (Å²) >= 11 is 0. The van der Waals surface area contributed by atoms with Gasteiger partial charge in [0.25, 0.3) is 0 Å². The third-order valence-corrected chi connectivity index (χ3v) is 5.15. The van der Waals surface area contributed by atoms with Crippen LogP contribution < -0.4 is 15.5 Å². The first-order chi connectivity index (χ1) is 13.2. The monoisotopic (exact) mass is 493 g/mol. The fourth-order valence-electron chi connectivity index (χ4n) is 3.36. The predicted molar refractivity (Wildman–Crippen MR) is 129 cm³/mol. The minimum atomic E-state index is 0. The molecule has 1 saturated heterocycles. The number of nitrogens with one attached hydrogen (secondary N) is 2. The van der Waals surface area contributed by atoms with Gasteiger partial charge in [-0.15, -0.1) is 24.0 Å². The van der Waals surface area contributed by atoms with Crippen molar-refractivity contribution in [2.75, 3.05) is 31.6 Å². The summed E-state index contributed by atoms with van der Waals surface area (Å²) in [7, 11) is 1.81. The van der Waals surface area contributed by atoms with Gasteiger partial charge >= 0.3 is 0 Å². The zero-order chi connectivity index (χ0) is 19.1. The molecule has 1 unspecified atom stereocenters. The molecule has 0 saturated carbocycles. The number of rotatable bonds is 6. The summed E-state index contributed by atoms with van der Waals surface area (Å²) in [6, 6.07) is 13.0. The molecule has 0 radical (unpaired) electrons. The average molecular weight is 493 g/mol. The van der Waals surface area contributed by atoms with Crippen LogP contribution in [0.1, 0.15) is 42.4 Å². The van der Waals surface area contributed by atoms with E-state index in [-0.39, 0.29) is 24.0 Å². The summed E-state index contributed by atoms with van der Waals surface area (Å²) < 4.78 is 0. The van der Waals surface area contributed by atoms with Crippen LogP contribution in [-0.4, -0.2) is 37.6 Å². The molecule has 1 atom stereocenters. The van der Waals surface area contributed by atoms with Crippen LogP contribution in [0.25, 0.3) is 0 Å². The number of benzene rings is 1. The van der Waals surface area contributed by atoms with Gasteiger partial charge in [-0.25, -0.2) is 4.98 Å². The molecule has 0 amide bonds. The Hall–Kier alpha value is -1.83. The summed E-state index contributed by atoms with van der Waals surface area (Å²) in [6.45, 7) is 8.16. The first-order valence-corrected chi connectivity index (χ1v) is 9.86. The Bertz CT molecular complexity index is 754. The topological polar surface area (TPSA) is 52.6 Å². The van der Waals surface area contributed by atoms with Crippen LogP contribution in [-0.2, 0) is 6.54 Å². The summed E-state index contributed by atoms with van der Waals surface area (Å²) in [4.78, 5) is 11.2. The highest BCUT2D eigenvalue weighted by Gasteiger charge is 2.13. The lowest BCUT2D eigenvalue weighted by Crippen LogP contribution is -2.38. The van der Waals surface area contributed by atoms with Crippen LogP contribution in [0.2, 0.25) is 0 Å². The van der Waals surface area contributed by atoms with E-state index < -0.39 is 0 Å². The Morgan fingerprint density at radius 2 is 1.86 bits per heavy atom. The largest absolute Gasteiger partial charge is 0.357 e. The first kappa shape index (κ1) is 22.5. The lowest BCUT2D eigenvalue weighted by molar-refractivity contribution is 0.698. The zero-order valence-corrected chi connectivity index (χ0v) is 19.4. The minimum absolute atomic E-state index is 0. The van der Waals surface area contributed by atoms with Crippen molar-refractivity contribution < 1.29 is 0 Å². The summed E-state index contributed by atoms with van der Waals surface area (Å²) in [6.07, 6.45) is 4.43. The van der Waals surface area contributed by atoms with Crippen LogP contribution in [0.5, 0.6) is 0 Å². The molecule has 1 aliphatic heterocycles. The number of halogens is 1. The number of anilines is 1. The molecule has 28 heavy (non-hydrogen) atoms. The molecule has 6 heteroatoms. The molecular weight excluding hydrogens is 461 g/mol. The third-order valence-electron chi connectivity index (χ3n) is 5.15. The van der Waals surface area contributed by atoms with Crippen molar-refractivity contribution in [1.29, 1.82) is 0 Å². The zero-order valence-electron chi connectivity index (χ0n) is 17.1. The summed E-state index contributed by atoms with van der Waals surface area (Å²) in [5.74, 6) is 2.34. The molecule has 1 fully saturated rings. The lowest BCUT2D eigenvalue weighted by atomic mass is 10.0. The van der Waals surface area contributed by atoms with Crippen molar-refractivity contribution in [3.05, 3.63) is 59.3 Å². The molecule has 5 nitrogen and oxygen atoms in total. The molecule has 2 N–H and O–H groups in total. The third kappa shape index (κ3) is 6.36. The smallest absolute Gasteiger partial charge is 0.191 e. The van der Waals surface area contributed by atoms with Crippen molar-refractivity contribution in [1.82, 2.24) is 15.6 Å². The Labute approximate surface area is 186 Å². The standard InChI is InChI=1S/C22H31N5.HI/c1-17-6-8-20(9-7-17)18(2)15-25-22(23-3)26-16-19-10-11-24-21(14-19)27-12-4-5-13-27;/h6-11,14,18H,4-5,12-13,15-16H2,1-3H3,(H2,23,25,26);1H. The summed E-state index contributed by atoms with van der Waals surface area (Å²) in [5, 5.41) is 6.85. The van der Waals surface area contributed by atoms with Gasteiger partial charge in [-0.3, -0.25) is 4.99 Å². The van der Waals surface area contributed by atoms with E-state index in [1.165, 1.54) is 29.5 Å². The van der Waals surface area contributed by atoms with Gasteiger partial charge in [0.05, 0.1) is 0 Å². The lowest BCUT2D eigenvalue weighted by Gasteiger charge is -2.18. The van der Waals surface area contributed by atoms with Gasteiger partial charge in [-0.2, -0.15) is 0 Å². The van der Waals surface area contributed by atoms with Crippen LogP contribution in [0, 0.1) is 6.92 Å². The number of aromatic nitrogens is 1. The SMILES string of the molecule is CN=C(NCc1ccnc(N2CCCC2)c1)NCC(C)c1ccc(C)cc1.I. The number of guanidine groups is 1. The number of aliphatic imine (C=N–C) groups is 1. The maximum absolute atomic E-state index is 4.52. The first-order valence-electron chi connectivity index (χ1n) is 9.86. The molecular formula is C22H32IN5. The van der Waals surface area contributed by atoms with E-state index in [0.29, 0.717) is 5.92 Å². The van der Waals surface area contributed by atoms with Crippen molar-refractivity contribution in [2.45, 2.75) is 39.2 Å². The van der Waals surface area contributed by atoms with Gasteiger partial charge in [0.1, 0.15) is 5.82 Å². The quantitative estimate of drug-likeness (QED) is 0.362. The molecule has 152 valence electrons. The normalized spacial score (nSPS) is 15.1. The number of aryl methyl sites for hydroxylation is 1. The van der Waals surface area contributed by atoms with Crippen molar-refractivity contribution >= 4 is 35.8 Å². The van der Waals surface area contributed by atoms with E-state index in [1.807, 2.05) is 13.2 Å². The molecule has 0 spiro atoms. The maximum atomic E-state index is 4.52. The van der Waals surface area contributed by atoms with Crippen molar-refractivity contribution in [2.24, 2.45) is 4.99 Å². The van der Waals surface area contributed by atoms with E-state index >= 15 is 0 Å². The minimum Gasteiger partial charge on any atom is -0.357 e. The van der Waals surface area contributed by atoms with E-state index in [9.17, 15) is 0 Å². The Kier molecular flexibility index (Phi) is 9.02. The molecule has 1 aliphatic rings. The van der Waals surface area contributed by atoms with Gasteiger partial charge in [-0.05, 0) is 48.9 Å². The van der Waals surface area contributed by atoms with Crippen molar-refractivity contribution in [3.63, 3.8) is 0 Å². The van der Waals surface area contributed by atoms with E-state index in [4.69, 9.17) is 0 Å². The number of hydrogen-bond acceptors (Lipinski definition) is 3. The summed E-state index contributed by atoms with van der Waals surface area (Å²) in [5.41, 5.74) is 3.86. The predicted octanol–water partition coefficient (Wildman–Crippen LogP) is 4.08. The van der Waals surface area contributed by atoms with Crippen molar-refractivity contribution in [3.8, 4) is 0 Å². The van der Waals surface area contributed by atoms with Gasteiger partial charge in [0.15, 0.2) is 5.96 Å². The van der Waals surface area contributed by atoms with Crippen LogP contribution in [0.4, 0.5) is 5.82 Å². The number of hydrogen-bond donors (Lipinski definition) is 2. The van der Waals surface area contributed by atoms with Crippen LogP contribution in [0.3, 0.4) is 0 Å². The fraction of sp³-hybridized carbons (Fsp3) is 0.455. The Balaban J connectivity index is 0.00000280. The van der Waals surface area contributed by atoms with E-state index in [2.05, 4.69) is 75.8 Å². The molecule has 1 aromatic carbocycles. The number of nitrogens with zero attached hydrogens (tertiary/aromatic N) is 3. The fourth-order valence-corrected chi connectivity index (χ4v) is 3.36. The molecule has 3 rings (SSSR count). The van der Waals surface area contributed by atoms with Gasteiger partial charge in [-0.1, -0.05) is 36.8 Å². The van der Waals surface area contributed by atoms with E-state index in [1.54, 1.807) is 0 Å². The Morgan fingerprint density at radius 3 is 2.54 bits per heavy atom. The highest BCUT2D eigenvalue weighted by atomic mass is 127. The van der Waals surface area contributed by atoms with Crippen LogP contribution >= 0.6 is 24.0 Å². The molecule has 2 heterocycles. The van der Waals surface area contributed by atoms with Crippen LogP contribution in [0.15, 0.2) is 47.6 Å². The maximum Gasteiger partial charge on any atom is 0.191 e. The van der Waals surface area contributed by atoms with Gasteiger partial charge in [0, 0.05) is 39.4 Å². The highest BCUT2D eigenvalue weighted by Crippen LogP contribution is 2.18. The number of pyridine rings is 1. The molecule has 2 aromatic rings. The second-order valence-corrected chi connectivity index (χ2v) is 7.33. The van der Waals surface area contributed by atoms with E-state index in [0.717, 1.165) is 38.0 Å². The average Bonchev–Trinajstić information content (AvgIpc) is 3.23. The Morgan fingerprint density at radius 1 is 1.14 bits per heavy atom. The van der Waals surface area contributed by atoms with Gasteiger partial charge in [0.2, 0.25) is 0 Å². The molecule has 1 aromatic heterocycles. The second-order valence-electron chi connectivity index (χ2n) is 7.33.